The van der Waals surface area contributed by atoms with Crippen LogP contribution in [-0.4, -0.2) is 37.6 Å². The second-order valence-electron chi connectivity index (χ2n) is 8.79. The average molecular weight is 502 g/mol. The quantitative estimate of drug-likeness (QED) is 0.218. The van der Waals surface area contributed by atoms with Gasteiger partial charge in [0.1, 0.15) is 17.2 Å². The molecule has 1 heterocycles. The lowest BCUT2D eigenvalue weighted by molar-refractivity contribution is -0.384. The molecule has 1 aliphatic rings. The Morgan fingerprint density at radius 2 is 1.84 bits per heavy atom. The van der Waals surface area contributed by atoms with Gasteiger partial charge in [-0.25, -0.2) is 0 Å². The molecular weight excluding hydrogens is 470 g/mol. The second-order valence-corrected chi connectivity index (χ2v) is 8.79. The summed E-state index contributed by atoms with van der Waals surface area (Å²) in [7, 11) is 1.68. The number of piperidine rings is 1. The highest BCUT2D eigenvalue weighted by molar-refractivity contribution is 6.02. The number of nitro benzene ring substituents is 1. The number of hydrogen-bond donors (Lipinski definition) is 1. The number of carbonyl (C=O) groups is 1. The third-order valence-corrected chi connectivity index (χ3v) is 6.47. The molecule has 4 rings (SSSR count). The monoisotopic (exact) mass is 501 g/mol. The first-order valence-electron chi connectivity index (χ1n) is 12.4. The van der Waals surface area contributed by atoms with Crippen molar-refractivity contribution >= 4 is 29.0 Å². The highest BCUT2D eigenvalue weighted by Crippen LogP contribution is 2.38. The van der Waals surface area contributed by atoms with Gasteiger partial charge in [0.2, 0.25) is 5.91 Å². The maximum Gasteiger partial charge on any atom is 0.293 e. The molecule has 1 amide bonds. The minimum absolute atomic E-state index is 0.0322. The molecule has 0 radical (unpaired) electrons. The van der Waals surface area contributed by atoms with Crippen molar-refractivity contribution in [3.8, 4) is 11.5 Å². The molecule has 1 N–H and O–H groups in total. The molecule has 1 saturated heterocycles. The second kappa shape index (κ2) is 12.1. The first-order chi connectivity index (χ1) is 18.0. The van der Waals surface area contributed by atoms with Gasteiger partial charge in [-0.05, 0) is 79.3 Å². The summed E-state index contributed by atoms with van der Waals surface area (Å²) < 4.78 is 10.9. The van der Waals surface area contributed by atoms with Crippen LogP contribution in [0, 0.1) is 10.1 Å². The van der Waals surface area contributed by atoms with Gasteiger partial charge in [0.15, 0.2) is 0 Å². The van der Waals surface area contributed by atoms with Crippen LogP contribution in [0.15, 0.2) is 72.8 Å². The van der Waals surface area contributed by atoms with Gasteiger partial charge < -0.3 is 19.7 Å². The van der Waals surface area contributed by atoms with E-state index in [1.807, 2.05) is 25.1 Å². The van der Waals surface area contributed by atoms with E-state index in [4.69, 9.17) is 9.47 Å². The number of anilines is 2. The Bertz CT molecular complexity index is 1260. The summed E-state index contributed by atoms with van der Waals surface area (Å²) in [5.74, 6) is 1.64. The minimum Gasteiger partial charge on any atom is -0.496 e. The molecule has 192 valence electrons. The van der Waals surface area contributed by atoms with Gasteiger partial charge in [-0.2, -0.15) is 0 Å². The third kappa shape index (κ3) is 6.46. The Kier molecular flexibility index (Phi) is 8.40. The van der Waals surface area contributed by atoms with Crippen molar-refractivity contribution in [3.63, 3.8) is 0 Å². The molecule has 0 spiro atoms. The van der Waals surface area contributed by atoms with Crippen molar-refractivity contribution < 1.29 is 19.2 Å². The lowest BCUT2D eigenvalue weighted by Gasteiger charge is -2.34. The van der Waals surface area contributed by atoms with Crippen molar-refractivity contribution in [1.82, 2.24) is 0 Å². The van der Waals surface area contributed by atoms with Gasteiger partial charge >= 0.3 is 0 Å². The Labute approximate surface area is 216 Å². The fourth-order valence-electron chi connectivity index (χ4n) is 4.65. The molecule has 0 bridgehead atoms. The molecular formula is C29H31N3O5. The molecule has 8 nitrogen and oxygen atoms in total. The van der Waals surface area contributed by atoms with E-state index in [1.54, 1.807) is 49.6 Å². The van der Waals surface area contributed by atoms with E-state index >= 15 is 0 Å². The Morgan fingerprint density at radius 3 is 2.51 bits per heavy atom. The van der Waals surface area contributed by atoms with E-state index in [0.29, 0.717) is 42.6 Å². The first kappa shape index (κ1) is 25.8. The summed E-state index contributed by atoms with van der Waals surface area (Å²) in [6.45, 7) is 3.90. The minimum atomic E-state index is -0.362. The van der Waals surface area contributed by atoms with Crippen LogP contribution in [-0.2, 0) is 4.79 Å². The molecule has 37 heavy (non-hydrogen) atoms. The number of hydrogen-bond acceptors (Lipinski definition) is 6. The van der Waals surface area contributed by atoms with Crippen molar-refractivity contribution in [2.75, 3.05) is 37.0 Å². The number of methoxy groups -OCH3 is 1. The zero-order valence-corrected chi connectivity index (χ0v) is 21.1. The highest BCUT2D eigenvalue weighted by atomic mass is 16.6. The summed E-state index contributed by atoms with van der Waals surface area (Å²) in [5, 5.41) is 14.7. The summed E-state index contributed by atoms with van der Waals surface area (Å²) in [4.78, 5) is 25.9. The molecule has 1 fully saturated rings. The van der Waals surface area contributed by atoms with Gasteiger partial charge in [0.25, 0.3) is 5.69 Å². The van der Waals surface area contributed by atoms with E-state index in [-0.39, 0.29) is 16.5 Å². The maximum absolute atomic E-state index is 12.3. The predicted octanol–water partition coefficient (Wildman–Crippen LogP) is 6.04. The van der Waals surface area contributed by atoms with E-state index < -0.39 is 0 Å². The van der Waals surface area contributed by atoms with E-state index in [1.165, 1.54) is 17.7 Å². The number of nitro groups is 1. The number of nitrogens with one attached hydrogen (secondary N) is 1. The molecule has 0 unspecified atom stereocenters. The van der Waals surface area contributed by atoms with Gasteiger partial charge in [0.05, 0.1) is 18.6 Å². The molecule has 3 aromatic carbocycles. The van der Waals surface area contributed by atoms with Gasteiger partial charge in [-0.15, -0.1) is 0 Å². The van der Waals surface area contributed by atoms with Crippen molar-refractivity contribution in [2.45, 2.75) is 25.7 Å². The smallest absolute Gasteiger partial charge is 0.293 e. The lowest BCUT2D eigenvalue weighted by atomic mass is 9.88. The third-order valence-electron chi connectivity index (χ3n) is 6.47. The van der Waals surface area contributed by atoms with Crippen LogP contribution in [0.4, 0.5) is 17.1 Å². The Morgan fingerprint density at radius 1 is 1.11 bits per heavy atom. The fourth-order valence-corrected chi connectivity index (χ4v) is 4.65. The summed E-state index contributed by atoms with van der Waals surface area (Å²) in [6.07, 6.45) is 4.71. The lowest BCUT2D eigenvalue weighted by Crippen LogP contribution is -2.33. The van der Waals surface area contributed by atoms with Gasteiger partial charge in [-0.3, -0.25) is 14.9 Å². The van der Waals surface area contributed by atoms with Crippen LogP contribution in [0.5, 0.6) is 11.5 Å². The highest BCUT2D eigenvalue weighted by Gasteiger charge is 2.27. The van der Waals surface area contributed by atoms with Crippen LogP contribution >= 0.6 is 0 Å². The van der Waals surface area contributed by atoms with Gasteiger partial charge in [0, 0.05) is 30.9 Å². The number of ether oxygens (including phenoxy) is 2. The topological polar surface area (TPSA) is 93.9 Å². The standard InChI is InChI=1S/C29H31N3O5/c1-3-37-24-12-10-23(11-13-24)30-29(33)15-9-21-8-14-26(27(20-21)32(34)35)31-18-16-22(17-19-31)25-6-4-5-7-28(25)36-2/h4-15,20,22H,3,16-19H2,1-2H3,(H,30,33)/b15-9+. The molecule has 0 atom stereocenters. The molecule has 3 aromatic rings. The predicted molar refractivity (Wildman–Crippen MR) is 146 cm³/mol. The zero-order valence-electron chi connectivity index (χ0n) is 21.1. The van der Waals surface area contributed by atoms with Crippen molar-refractivity contribution in [1.29, 1.82) is 0 Å². The average Bonchev–Trinajstić information content (AvgIpc) is 2.93. The summed E-state index contributed by atoms with van der Waals surface area (Å²) in [6, 6.07) is 20.2. The van der Waals surface area contributed by atoms with Crippen LogP contribution in [0.3, 0.4) is 0 Å². The Balaban J connectivity index is 1.41. The van der Waals surface area contributed by atoms with E-state index in [2.05, 4.69) is 16.3 Å². The zero-order chi connectivity index (χ0) is 26.2. The van der Waals surface area contributed by atoms with Crippen molar-refractivity contribution in [2.24, 2.45) is 0 Å². The van der Waals surface area contributed by atoms with Crippen molar-refractivity contribution in [3.05, 3.63) is 94.0 Å². The van der Waals surface area contributed by atoms with Crippen LogP contribution in [0.2, 0.25) is 0 Å². The van der Waals surface area contributed by atoms with Gasteiger partial charge in [-0.1, -0.05) is 24.3 Å². The molecule has 0 saturated carbocycles. The van der Waals surface area contributed by atoms with Crippen LogP contribution < -0.4 is 19.7 Å². The maximum atomic E-state index is 12.3. The fraction of sp³-hybridized carbons (Fsp3) is 0.276. The van der Waals surface area contributed by atoms with Crippen LogP contribution in [0.1, 0.15) is 36.8 Å². The number of amides is 1. The molecule has 8 heteroatoms. The van der Waals surface area contributed by atoms with Crippen LogP contribution in [0.25, 0.3) is 6.08 Å². The van der Waals surface area contributed by atoms with E-state index in [0.717, 1.165) is 24.3 Å². The number of rotatable bonds is 9. The number of carbonyl (C=O) groups excluding carboxylic acids is 1. The molecule has 0 aliphatic carbocycles. The summed E-state index contributed by atoms with van der Waals surface area (Å²) in [5.41, 5.74) is 3.03. The summed E-state index contributed by atoms with van der Waals surface area (Å²) >= 11 is 0. The number of nitrogens with zero attached hydrogens (tertiary/aromatic N) is 2. The molecule has 1 aliphatic heterocycles. The first-order valence-corrected chi connectivity index (χ1v) is 12.4. The Hall–Kier alpha value is -4.33. The van der Waals surface area contributed by atoms with E-state index in [9.17, 15) is 14.9 Å². The largest absolute Gasteiger partial charge is 0.496 e. The SMILES string of the molecule is CCOc1ccc(NC(=O)/C=C/c2ccc(N3CCC(c4ccccc4OC)CC3)c([N+](=O)[O-])c2)cc1. The number of para-hydroxylation sites is 1. The normalized spacial score (nSPS) is 13.9. The molecule has 0 aromatic heterocycles. The number of benzene rings is 3.